The van der Waals surface area contributed by atoms with Crippen molar-refractivity contribution in [2.45, 2.75) is 6.92 Å². The Labute approximate surface area is 114 Å². The van der Waals surface area contributed by atoms with Crippen LogP contribution in [0.3, 0.4) is 0 Å². The number of rotatable bonds is 3. The summed E-state index contributed by atoms with van der Waals surface area (Å²) in [7, 11) is 0. The number of nitro groups is 1. The SMILES string of the molecule is Cc1ccc(F)cc1Nc1ccc([N+](=O)[O-])c(C#N)c1. The summed E-state index contributed by atoms with van der Waals surface area (Å²) in [6, 6.07) is 10.1. The number of halogens is 1. The van der Waals surface area contributed by atoms with E-state index in [9.17, 15) is 14.5 Å². The highest BCUT2D eigenvalue weighted by atomic mass is 19.1. The highest BCUT2D eigenvalue weighted by Crippen LogP contribution is 2.26. The largest absolute Gasteiger partial charge is 0.355 e. The fourth-order valence-electron chi connectivity index (χ4n) is 1.75. The Morgan fingerprint density at radius 1 is 1.30 bits per heavy atom. The number of aryl methyl sites for hydroxylation is 1. The second kappa shape index (κ2) is 5.36. The summed E-state index contributed by atoms with van der Waals surface area (Å²) in [4.78, 5) is 10.1. The van der Waals surface area contributed by atoms with Crippen LogP contribution in [0.1, 0.15) is 11.1 Å². The molecule has 0 bridgehead atoms. The highest BCUT2D eigenvalue weighted by Gasteiger charge is 2.14. The van der Waals surface area contributed by atoms with Gasteiger partial charge >= 0.3 is 0 Å². The number of hydrogen-bond acceptors (Lipinski definition) is 4. The van der Waals surface area contributed by atoms with Gasteiger partial charge in [0.05, 0.1) is 4.92 Å². The predicted octanol–water partition coefficient (Wildman–Crippen LogP) is 3.66. The maximum Gasteiger partial charge on any atom is 0.287 e. The number of nitrogens with one attached hydrogen (secondary N) is 1. The van der Waals surface area contributed by atoms with Gasteiger partial charge in [-0.05, 0) is 36.8 Å². The normalized spacial score (nSPS) is 9.85. The topological polar surface area (TPSA) is 79.0 Å². The average molecular weight is 271 g/mol. The van der Waals surface area contributed by atoms with Gasteiger partial charge in [-0.1, -0.05) is 6.07 Å². The summed E-state index contributed by atoms with van der Waals surface area (Å²) in [5.74, 6) is -0.388. The molecule has 5 nitrogen and oxygen atoms in total. The Kier molecular flexibility index (Phi) is 3.62. The molecule has 0 aliphatic heterocycles. The molecule has 0 saturated carbocycles. The van der Waals surface area contributed by atoms with E-state index in [0.29, 0.717) is 11.4 Å². The number of anilines is 2. The quantitative estimate of drug-likeness (QED) is 0.682. The number of benzene rings is 2. The Morgan fingerprint density at radius 3 is 2.70 bits per heavy atom. The van der Waals surface area contributed by atoms with Gasteiger partial charge in [-0.15, -0.1) is 0 Å². The van der Waals surface area contributed by atoms with Gasteiger partial charge in [-0.3, -0.25) is 10.1 Å². The van der Waals surface area contributed by atoms with Crippen LogP contribution in [0.25, 0.3) is 0 Å². The predicted molar refractivity (Wildman–Crippen MR) is 72.2 cm³/mol. The molecular weight excluding hydrogens is 261 g/mol. The molecule has 0 aromatic heterocycles. The molecule has 0 fully saturated rings. The molecule has 0 amide bonds. The molecule has 6 heteroatoms. The van der Waals surface area contributed by atoms with Crippen molar-refractivity contribution in [3.63, 3.8) is 0 Å². The van der Waals surface area contributed by atoms with E-state index < -0.39 is 4.92 Å². The third-order valence-electron chi connectivity index (χ3n) is 2.79. The van der Waals surface area contributed by atoms with E-state index >= 15 is 0 Å². The highest BCUT2D eigenvalue weighted by molar-refractivity contribution is 5.67. The van der Waals surface area contributed by atoms with Gasteiger partial charge in [-0.25, -0.2) is 4.39 Å². The first kappa shape index (κ1) is 13.5. The van der Waals surface area contributed by atoms with E-state index in [2.05, 4.69) is 5.32 Å². The van der Waals surface area contributed by atoms with Crippen LogP contribution < -0.4 is 5.32 Å². The lowest BCUT2D eigenvalue weighted by Gasteiger charge is -2.10. The summed E-state index contributed by atoms with van der Waals surface area (Å²) in [6.07, 6.45) is 0. The lowest BCUT2D eigenvalue weighted by molar-refractivity contribution is -0.385. The van der Waals surface area contributed by atoms with Crippen molar-refractivity contribution in [1.82, 2.24) is 0 Å². The molecule has 0 aliphatic rings. The molecule has 100 valence electrons. The molecular formula is C14H10FN3O2. The van der Waals surface area contributed by atoms with Crippen LogP contribution in [0.4, 0.5) is 21.5 Å². The Hall–Kier alpha value is -2.94. The molecule has 0 spiro atoms. The first-order valence-corrected chi connectivity index (χ1v) is 5.73. The molecule has 0 atom stereocenters. The van der Waals surface area contributed by atoms with Gasteiger partial charge in [-0.2, -0.15) is 5.26 Å². The van der Waals surface area contributed by atoms with Crippen molar-refractivity contribution in [2.24, 2.45) is 0 Å². The third kappa shape index (κ3) is 2.72. The summed E-state index contributed by atoms with van der Waals surface area (Å²) in [5, 5.41) is 22.6. The first-order valence-electron chi connectivity index (χ1n) is 5.73. The minimum atomic E-state index is -0.615. The van der Waals surface area contributed by atoms with Gasteiger partial charge < -0.3 is 5.32 Å². The lowest BCUT2D eigenvalue weighted by Crippen LogP contribution is -1.97. The molecule has 0 aliphatic carbocycles. The van der Waals surface area contributed by atoms with Crippen molar-refractivity contribution in [3.05, 3.63) is 63.5 Å². The van der Waals surface area contributed by atoms with Gasteiger partial charge in [0.2, 0.25) is 0 Å². The Morgan fingerprint density at radius 2 is 2.05 bits per heavy atom. The van der Waals surface area contributed by atoms with E-state index in [1.54, 1.807) is 19.1 Å². The molecule has 0 radical (unpaired) electrons. The van der Waals surface area contributed by atoms with Crippen LogP contribution in [0.5, 0.6) is 0 Å². The second-order valence-corrected chi connectivity index (χ2v) is 4.19. The molecule has 0 saturated heterocycles. The van der Waals surface area contributed by atoms with E-state index in [4.69, 9.17) is 5.26 Å². The Balaban J connectivity index is 2.38. The van der Waals surface area contributed by atoms with E-state index in [1.807, 2.05) is 0 Å². The van der Waals surface area contributed by atoms with Crippen LogP contribution in [0, 0.1) is 34.2 Å². The average Bonchev–Trinajstić information content (AvgIpc) is 2.42. The second-order valence-electron chi connectivity index (χ2n) is 4.19. The smallest absolute Gasteiger partial charge is 0.287 e. The van der Waals surface area contributed by atoms with Crippen molar-refractivity contribution in [1.29, 1.82) is 5.26 Å². The Bertz CT molecular complexity index is 723. The summed E-state index contributed by atoms with van der Waals surface area (Å²) >= 11 is 0. The fraction of sp³-hybridized carbons (Fsp3) is 0.0714. The van der Waals surface area contributed by atoms with E-state index in [-0.39, 0.29) is 17.1 Å². The van der Waals surface area contributed by atoms with Gasteiger partial charge in [0.25, 0.3) is 5.69 Å². The number of nitro benzene ring substituents is 1. The van der Waals surface area contributed by atoms with Crippen LogP contribution in [0.15, 0.2) is 36.4 Å². The summed E-state index contributed by atoms with van der Waals surface area (Å²) < 4.78 is 13.2. The van der Waals surface area contributed by atoms with Crippen LogP contribution >= 0.6 is 0 Å². The minimum Gasteiger partial charge on any atom is -0.355 e. The van der Waals surface area contributed by atoms with E-state index in [1.165, 1.54) is 30.3 Å². The van der Waals surface area contributed by atoms with E-state index in [0.717, 1.165) is 5.56 Å². The van der Waals surface area contributed by atoms with Crippen molar-refractivity contribution in [3.8, 4) is 6.07 Å². The standard InChI is InChI=1S/C14H10FN3O2/c1-9-2-3-11(15)7-13(9)17-12-4-5-14(18(19)20)10(6-12)8-16/h2-7,17H,1H3. The van der Waals surface area contributed by atoms with Gasteiger partial charge in [0.15, 0.2) is 0 Å². The molecule has 2 aromatic carbocycles. The van der Waals surface area contributed by atoms with Gasteiger partial charge in [0, 0.05) is 17.4 Å². The zero-order valence-electron chi connectivity index (χ0n) is 10.6. The van der Waals surface area contributed by atoms with Crippen molar-refractivity contribution >= 4 is 17.1 Å². The number of nitriles is 1. The molecule has 0 heterocycles. The molecule has 2 rings (SSSR count). The van der Waals surface area contributed by atoms with Crippen LogP contribution in [0.2, 0.25) is 0 Å². The number of hydrogen-bond donors (Lipinski definition) is 1. The third-order valence-corrected chi connectivity index (χ3v) is 2.79. The molecule has 20 heavy (non-hydrogen) atoms. The summed E-state index contributed by atoms with van der Waals surface area (Å²) in [5.41, 5.74) is 1.55. The summed E-state index contributed by atoms with van der Waals surface area (Å²) in [6.45, 7) is 1.80. The van der Waals surface area contributed by atoms with Crippen LogP contribution in [-0.4, -0.2) is 4.92 Å². The monoisotopic (exact) mass is 271 g/mol. The van der Waals surface area contributed by atoms with Gasteiger partial charge in [0.1, 0.15) is 17.4 Å². The molecule has 1 N–H and O–H groups in total. The molecule has 0 unspecified atom stereocenters. The maximum absolute atomic E-state index is 13.2. The first-order chi connectivity index (χ1) is 9.51. The zero-order chi connectivity index (χ0) is 14.7. The van der Waals surface area contributed by atoms with Crippen molar-refractivity contribution < 1.29 is 9.31 Å². The maximum atomic E-state index is 13.2. The molecule has 2 aromatic rings. The number of nitrogens with zero attached hydrogens (tertiary/aromatic N) is 2. The minimum absolute atomic E-state index is 0.0472. The lowest BCUT2D eigenvalue weighted by atomic mass is 10.1. The zero-order valence-corrected chi connectivity index (χ0v) is 10.6. The van der Waals surface area contributed by atoms with Crippen LogP contribution in [-0.2, 0) is 0 Å². The van der Waals surface area contributed by atoms with Crippen molar-refractivity contribution in [2.75, 3.05) is 5.32 Å². The fourth-order valence-corrected chi connectivity index (χ4v) is 1.75.